The number of aliphatic hydroxyl groups excluding tert-OH is 1. The molecule has 1 amide bonds. The van der Waals surface area contributed by atoms with Crippen molar-refractivity contribution in [3.05, 3.63) is 52.0 Å². The summed E-state index contributed by atoms with van der Waals surface area (Å²) in [5.41, 5.74) is 2.38. The van der Waals surface area contributed by atoms with E-state index in [0.29, 0.717) is 27.8 Å². The number of ether oxygens (including phenoxy) is 3. The van der Waals surface area contributed by atoms with Gasteiger partial charge >= 0.3 is 0 Å². The number of rotatable bonds is 8. The van der Waals surface area contributed by atoms with Crippen LogP contribution in [0.25, 0.3) is 0 Å². The lowest BCUT2D eigenvalue weighted by Crippen LogP contribution is -2.32. The van der Waals surface area contributed by atoms with Crippen LogP contribution in [0.3, 0.4) is 0 Å². The van der Waals surface area contributed by atoms with Crippen LogP contribution in [0.15, 0.2) is 30.3 Å². The van der Waals surface area contributed by atoms with E-state index in [-0.39, 0.29) is 19.1 Å². The fourth-order valence-electron chi connectivity index (χ4n) is 2.58. The summed E-state index contributed by atoms with van der Waals surface area (Å²) in [5.74, 6) is 1.32. The van der Waals surface area contributed by atoms with Crippen LogP contribution >= 0.6 is 11.6 Å². The molecule has 7 heteroatoms. The third-order valence-electron chi connectivity index (χ3n) is 4.06. The molecule has 0 radical (unpaired) electrons. The molecule has 0 spiro atoms. The molecular weight excluding hydrogens is 370 g/mol. The van der Waals surface area contributed by atoms with Gasteiger partial charge in [-0.15, -0.1) is 0 Å². The van der Waals surface area contributed by atoms with E-state index in [1.54, 1.807) is 30.3 Å². The van der Waals surface area contributed by atoms with Gasteiger partial charge in [0.15, 0.2) is 18.1 Å². The Balaban J connectivity index is 1.88. The van der Waals surface area contributed by atoms with Crippen molar-refractivity contribution in [2.45, 2.75) is 20.0 Å². The second-order valence-corrected chi connectivity index (χ2v) is 6.47. The topological polar surface area (TPSA) is 77.0 Å². The number of carbonyl (C=O) groups is 1. The van der Waals surface area contributed by atoms with Gasteiger partial charge in [0.1, 0.15) is 5.75 Å². The molecule has 0 heterocycles. The van der Waals surface area contributed by atoms with Crippen LogP contribution in [0, 0.1) is 13.8 Å². The lowest BCUT2D eigenvalue weighted by molar-refractivity contribution is -0.123. The molecule has 0 fully saturated rings. The molecule has 0 aromatic heterocycles. The maximum absolute atomic E-state index is 12.0. The van der Waals surface area contributed by atoms with E-state index in [9.17, 15) is 9.90 Å². The van der Waals surface area contributed by atoms with Crippen LogP contribution in [0.2, 0.25) is 5.02 Å². The van der Waals surface area contributed by atoms with Crippen molar-refractivity contribution in [1.82, 2.24) is 5.32 Å². The zero-order valence-corrected chi connectivity index (χ0v) is 16.6. The van der Waals surface area contributed by atoms with Gasteiger partial charge in [0.05, 0.1) is 20.3 Å². The summed E-state index contributed by atoms with van der Waals surface area (Å²) in [5, 5.41) is 13.6. The Kier molecular flexibility index (Phi) is 7.33. The first-order chi connectivity index (χ1) is 12.8. The molecule has 0 saturated carbocycles. The van der Waals surface area contributed by atoms with Crippen molar-refractivity contribution in [1.29, 1.82) is 0 Å². The van der Waals surface area contributed by atoms with Crippen molar-refractivity contribution >= 4 is 17.5 Å². The van der Waals surface area contributed by atoms with E-state index < -0.39 is 6.10 Å². The van der Waals surface area contributed by atoms with Crippen LogP contribution in [0.1, 0.15) is 22.8 Å². The summed E-state index contributed by atoms with van der Waals surface area (Å²) in [6.07, 6.45) is -0.881. The Morgan fingerprint density at radius 3 is 2.33 bits per heavy atom. The zero-order valence-electron chi connectivity index (χ0n) is 15.8. The van der Waals surface area contributed by atoms with Gasteiger partial charge in [-0.2, -0.15) is 0 Å². The molecule has 2 N–H and O–H groups in total. The number of carbonyl (C=O) groups excluding carboxylic acids is 1. The monoisotopic (exact) mass is 393 g/mol. The molecule has 2 rings (SSSR count). The van der Waals surface area contributed by atoms with E-state index in [1.165, 1.54) is 14.2 Å². The van der Waals surface area contributed by atoms with Crippen LogP contribution in [-0.4, -0.2) is 38.4 Å². The molecule has 6 nitrogen and oxygen atoms in total. The summed E-state index contributed by atoms with van der Waals surface area (Å²) in [4.78, 5) is 12.0. The summed E-state index contributed by atoms with van der Waals surface area (Å²) in [7, 11) is 3.06. The van der Waals surface area contributed by atoms with Gasteiger partial charge < -0.3 is 24.6 Å². The Labute approximate surface area is 164 Å². The van der Waals surface area contributed by atoms with Gasteiger partial charge in [-0.05, 0) is 54.8 Å². The summed E-state index contributed by atoms with van der Waals surface area (Å²) < 4.78 is 15.9. The largest absolute Gasteiger partial charge is 0.493 e. The second-order valence-electron chi connectivity index (χ2n) is 6.09. The smallest absolute Gasteiger partial charge is 0.258 e. The molecule has 0 aliphatic heterocycles. The Bertz CT molecular complexity index is 786. The predicted molar refractivity (Wildman–Crippen MR) is 104 cm³/mol. The number of aryl methyl sites for hydroxylation is 2. The highest BCUT2D eigenvalue weighted by Gasteiger charge is 2.13. The molecule has 2 aromatic rings. The van der Waals surface area contributed by atoms with Crippen molar-refractivity contribution in [2.24, 2.45) is 0 Å². The SMILES string of the molecule is COc1ccc(C(O)CNC(=O)COc2cc(C)c(Cl)c(C)c2)cc1OC. The highest BCUT2D eigenvalue weighted by molar-refractivity contribution is 6.32. The first-order valence-corrected chi connectivity index (χ1v) is 8.79. The number of methoxy groups -OCH3 is 2. The molecule has 0 aliphatic carbocycles. The molecular formula is C20H24ClNO5. The molecule has 0 bridgehead atoms. The fourth-order valence-corrected chi connectivity index (χ4v) is 2.69. The number of hydrogen-bond acceptors (Lipinski definition) is 5. The highest BCUT2D eigenvalue weighted by atomic mass is 35.5. The molecule has 1 unspecified atom stereocenters. The minimum atomic E-state index is -0.881. The zero-order chi connectivity index (χ0) is 20.0. The minimum Gasteiger partial charge on any atom is -0.493 e. The Hall–Kier alpha value is -2.44. The predicted octanol–water partition coefficient (Wildman–Crippen LogP) is 3.20. The van der Waals surface area contributed by atoms with Crippen LogP contribution < -0.4 is 19.5 Å². The first-order valence-electron chi connectivity index (χ1n) is 8.42. The maximum atomic E-state index is 12.0. The van der Waals surface area contributed by atoms with Gasteiger partial charge in [-0.1, -0.05) is 17.7 Å². The summed E-state index contributed by atoms with van der Waals surface area (Å²) in [6, 6.07) is 8.65. The fraction of sp³-hybridized carbons (Fsp3) is 0.350. The van der Waals surface area contributed by atoms with Crippen molar-refractivity contribution in [2.75, 3.05) is 27.4 Å². The highest BCUT2D eigenvalue weighted by Crippen LogP contribution is 2.30. The third kappa shape index (κ3) is 5.52. The van der Waals surface area contributed by atoms with Gasteiger partial charge in [0, 0.05) is 11.6 Å². The van der Waals surface area contributed by atoms with Gasteiger partial charge in [-0.3, -0.25) is 4.79 Å². The van der Waals surface area contributed by atoms with Crippen LogP contribution in [0.5, 0.6) is 17.2 Å². The van der Waals surface area contributed by atoms with E-state index in [0.717, 1.165) is 11.1 Å². The minimum absolute atomic E-state index is 0.0519. The van der Waals surface area contributed by atoms with Crippen molar-refractivity contribution in [3.8, 4) is 17.2 Å². The maximum Gasteiger partial charge on any atom is 0.258 e. The van der Waals surface area contributed by atoms with Crippen molar-refractivity contribution in [3.63, 3.8) is 0 Å². The lowest BCUT2D eigenvalue weighted by atomic mass is 10.1. The second kappa shape index (κ2) is 9.48. The Morgan fingerprint density at radius 2 is 1.74 bits per heavy atom. The van der Waals surface area contributed by atoms with E-state index in [2.05, 4.69) is 5.32 Å². The number of benzene rings is 2. The number of amides is 1. The number of aliphatic hydroxyl groups is 1. The van der Waals surface area contributed by atoms with Crippen LogP contribution in [-0.2, 0) is 4.79 Å². The molecule has 0 aliphatic rings. The first kappa shape index (κ1) is 20.9. The van der Waals surface area contributed by atoms with E-state index in [4.69, 9.17) is 25.8 Å². The average molecular weight is 394 g/mol. The van der Waals surface area contributed by atoms with Crippen molar-refractivity contribution < 1.29 is 24.1 Å². The summed E-state index contributed by atoms with van der Waals surface area (Å²) in [6.45, 7) is 3.65. The van der Waals surface area contributed by atoms with E-state index >= 15 is 0 Å². The van der Waals surface area contributed by atoms with Gasteiger partial charge in [0.2, 0.25) is 0 Å². The number of hydrogen-bond donors (Lipinski definition) is 2. The number of halogens is 1. The summed E-state index contributed by atoms with van der Waals surface area (Å²) >= 11 is 6.12. The van der Waals surface area contributed by atoms with Gasteiger partial charge in [0.25, 0.3) is 5.91 Å². The lowest BCUT2D eigenvalue weighted by Gasteiger charge is -2.15. The standard InChI is InChI=1S/C20H24ClNO5/c1-12-7-15(8-13(2)20(12)21)27-11-19(24)22-10-16(23)14-5-6-17(25-3)18(9-14)26-4/h5-9,16,23H,10-11H2,1-4H3,(H,22,24). The normalized spacial score (nSPS) is 11.6. The Morgan fingerprint density at radius 1 is 1.11 bits per heavy atom. The third-order valence-corrected chi connectivity index (χ3v) is 4.66. The van der Waals surface area contributed by atoms with Gasteiger partial charge in [-0.25, -0.2) is 0 Å². The molecule has 1 atom stereocenters. The molecule has 146 valence electrons. The molecule has 0 saturated heterocycles. The quantitative estimate of drug-likeness (QED) is 0.720. The molecule has 27 heavy (non-hydrogen) atoms. The average Bonchev–Trinajstić information content (AvgIpc) is 2.67. The van der Waals surface area contributed by atoms with E-state index in [1.807, 2.05) is 13.8 Å². The number of nitrogens with one attached hydrogen (secondary N) is 1. The van der Waals surface area contributed by atoms with Crippen LogP contribution in [0.4, 0.5) is 0 Å². The molecule has 2 aromatic carbocycles.